The Morgan fingerprint density at radius 3 is 2.36 bits per heavy atom. The van der Waals surface area contributed by atoms with E-state index in [9.17, 15) is 9.59 Å². The second-order valence-electron chi connectivity index (χ2n) is 8.25. The van der Waals surface area contributed by atoms with Gasteiger partial charge in [-0.2, -0.15) is 0 Å². The third-order valence-electron chi connectivity index (χ3n) is 6.29. The Labute approximate surface area is 168 Å². The number of morpholine rings is 1. The molecule has 1 aliphatic heterocycles. The summed E-state index contributed by atoms with van der Waals surface area (Å²) in [5, 5.41) is 3.23. The monoisotopic (exact) mass is 386 g/mol. The van der Waals surface area contributed by atoms with Gasteiger partial charge in [0, 0.05) is 37.5 Å². The van der Waals surface area contributed by atoms with Crippen LogP contribution in [0.3, 0.4) is 0 Å². The van der Waals surface area contributed by atoms with Crippen LogP contribution >= 0.6 is 0 Å². The average Bonchev–Trinajstić information content (AvgIpc) is 2.73. The molecule has 1 heterocycles. The van der Waals surface area contributed by atoms with Crippen molar-refractivity contribution < 1.29 is 14.3 Å². The third-order valence-corrected chi connectivity index (χ3v) is 6.29. The number of nitrogens with one attached hydrogen (secondary N) is 1. The number of ether oxygens (including phenoxy) is 1. The molecule has 0 unspecified atom stereocenters. The minimum atomic E-state index is 0.0632. The first kappa shape index (κ1) is 21.0. The van der Waals surface area contributed by atoms with E-state index in [4.69, 9.17) is 4.74 Å². The Morgan fingerprint density at radius 2 is 1.71 bits per heavy atom. The predicted molar refractivity (Wildman–Crippen MR) is 110 cm³/mol. The molecule has 1 amide bonds. The lowest BCUT2D eigenvalue weighted by atomic mass is 9.73. The van der Waals surface area contributed by atoms with Crippen LogP contribution in [0.25, 0.3) is 0 Å². The Kier molecular flexibility index (Phi) is 7.63. The number of ketones is 1. The summed E-state index contributed by atoms with van der Waals surface area (Å²) < 4.78 is 5.59. The van der Waals surface area contributed by atoms with E-state index < -0.39 is 0 Å². The van der Waals surface area contributed by atoms with Gasteiger partial charge in [0.1, 0.15) is 5.78 Å². The number of carbonyl (C=O) groups is 2. The fourth-order valence-electron chi connectivity index (χ4n) is 4.73. The molecule has 2 fully saturated rings. The van der Waals surface area contributed by atoms with Gasteiger partial charge in [-0.15, -0.1) is 0 Å². The average molecular weight is 387 g/mol. The predicted octanol–water partition coefficient (Wildman–Crippen LogP) is 3.42. The highest BCUT2D eigenvalue weighted by molar-refractivity contribution is 5.77. The van der Waals surface area contributed by atoms with Crippen LogP contribution in [0.4, 0.5) is 0 Å². The van der Waals surface area contributed by atoms with Gasteiger partial charge >= 0.3 is 0 Å². The largest absolute Gasteiger partial charge is 0.379 e. The Bertz CT molecular complexity index is 633. The van der Waals surface area contributed by atoms with Crippen LogP contribution in [-0.4, -0.2) is 48.9 Å². The number of amides is 1. The number of Topliss-reactive ketones (excluding diaryl/α,β-unsaturated/α-hetero) is 1. The molecular weight excluding hydrogens is 352 g/mol. The summed E-state index contributed by atoms with van der Waals surface area (Å²) in [5.41, 5.74) is 1.46. The Hall–Kier alpha value is -1.72. The van der Waals surface area contributed by atoms with Crippen molar-refractivity contribution >= 4 is 11.7 Å². The summed E-state index contributed by atoms with van der Waals surface area (Å²) in [6.45, 7) is 5.16. The number of unbranched alkanes of at least 4 members (excludes halogenated alkanes) is 1. The summed E-state index contributed by atoms with van der Waals surface area (Å²) in [7, 11) is 0. The van der Waals surface area contributed by atoms with Gasteiger partial charge < -0.3 is 14.8 Å². The van der Waals surface area contributed by atoms with Crippen LogP contribution in [0.1, 0.15) is 63.9 Å². The number of hydrogen-bond acceptors (Lipinski definition) is 4. The Balaban J connectivity index is 1.55. The minimum absolute atomic E-state index is 0.0632. The van der Waals surface area contributed by atoms with Crippen LogP contribution in [0, 0.1) is 0 Å². The smallest absolute Gasteiger partial charge is 0.220 e. The van der Waals surface area contributed by atoms with Crippen molar-refractivity contribution in [3.63, 3.8) is 0 Å². The molecule has 5 nitrogen and oxygen atoms in total. The first-order valence-electron chi connectivity index (χ1n) is 10.8. The fraction of sp³-hybridized carbons (Fsp3) is 0.652. The minimum Gasteiger partial charge on any atom is -0.379 e. The van der Waals surface area contributed by atoms with Crippen molar-refractivity contribution in [2.45, 2.75) is 69.9 Å². The first-order valence-corrected chi connectivity index (χ1v) is 10.8. The molecule has 0 spiro atoms. The quantitative estimate of drug-likeness (QED) is 0.696. The van der Waals surface area contributed by atoms with E-state index in [-0.39, 0.29) is 23.3 Å². The molecule has 0 atom stereocenters. The van der Waals surface area contributed by atoms with E-state index >= 15 is 0 Å². The van der Waals surface area contributed by atoms with Gasteiger partial charge in [0.2, 0.25) is 5.91 Å². The van der Waals surface area contributed by atoms with E-state index in [0.29, 0.717) is 12.8 Å². The van der Waals surface area contributed by atoms with E-state index in [1.54, 1.807) is 6.92 Å². The number of nitrogens with zero attached hydrogens (tertiary/aromatic N) is 1. The molecule has 0 radical (unpaired) electrons. The summed E-state index contributed by atoms with van der Waals surface area (Å²) >= 11 is 0. The number of benzene rings is 1. The van der Waals surface area contributed by atoms with Crippen molar-refractivity contribution in [3.8, 4) is 0 Å². The van der Waals surface area contributed by atoms with Crippen LogP contribution in [0.5, 0.6) is 0 Å². The molecule has 0 bridgehead atoms. The fourth-order valence-corrected chi connectivity index (χ4v) is 4.73. The first-order chi connectivity index (χ1) is 13.6. The molecule has 3 rings (SSSR count). The second-order valence-corrected chi connectivity index (χ2v) is 8.25. The number of carbonyl (C=O) groups excluding carboxylic acids is 2. The highest BCUT2D eigenvalue weighted by Crippen LogP contribution is 2.42. The van der Waals surface area contributed by atoms with Crippen molar-refractivity contribution in [2.24, 2.45) is 0 Å². The lowest BCUT2D eigenvalue weighted by Crippen LogP contribution is -2.54. The number of hydrogen-bond donors (Lipinski definition) is 1. The lowest BCUT2D eigenvalue weighted by molar-refractivity contribution is -0.123. The second kappa shape index (κ2) is 10.2. The molecule has 2 aliphatic rings. The van der Waals surface area contributed by atoms with E-state index in [0.717, 1.165) is 64.8 Å². The highest BCUT2D eigenvalue weighted by atomic mass is 16.5. The zero-order valence-corrected chi connectivity index (χ0v) is 17.1. The zero-order valence-electron chi connectivity index (χ0n) is 17.1. The summed E-state index contributed by atoms with van der Waals surface area (Å²) in [6.07, 6.45) is 6.84. The molecule has 1 aliphatic carbocycles. The van der Waals surface area contributed by atoms with Gasteiger partial charge in [-0.25, -0.2) is 0 Å². The third kappa shape index (κ3) is 5.42. The SMILES string of the molecule is CC(=O)CCCCC(=O)NC1CCC(c2ccccc2)(N2CCOCC2)CC1. The van der Waals surface area contributed by atoms with Gasteiger partial charge in [0.05, 0.1) is 13.2 Å². The van der Waals surface area contributed by atoms with Gasteiger partial charge in [0.15, 0.2) is 0 Å². The summed E-state index contributed by atoms with van der Waals surface area (Å²) in [5.74, 6) is 0.334. The molecule has 154 valence electrons. The maximum absolute atomic E-state index is 12.3. The molecule has 1 saturated carbocycles. The van der Waals surface area contributed by atoms with Crippen molar-refractivity contribution in [1.82, 2.24) is 10.2 Å². The molecule has 28 heavy (non-hydrogen) atoms. The van der Waals surface area contributed by atoms with Crippen LogP contribution in [0.2, 0.25) is 0 Å². The molecule has 1 aromatic rings. The standard InChI is InChI=1S/C23H34N2O3/c1-19(26)7-5-6-10-22(27)24-21-11-13-23(14-12-21,20-8-3-2-4-9-20)25-15-17-28-18-16-25/h2-4,8-9,21H,5-7,10-18H2,1H3,(H,24,27). The van der Waals surface area contributed by atoms with E-state index in [1.807, 2.05) is 0 Å². The molecule has 0 aromatic heterocycles. The zero-order chi connectivity index (χ0) is 19.8. The van der Waals surface area contributed by atoms with Crippen LogP contribution in [0.15, 0.2) is 30.3 Å². The van der Waals surface area contributed by atoms with Gasteiger partial charge in [0.25, 0.3) is 0 Å². The molecule has 5 heteroatoms. The molecule has 1 N–H and O–H groups in total. The lowest BCUT2D eigenvalue weighted by Gasteiger charge is -2.50. The molecule has 1 saturated heterocycles. The maximum Gasteiger partial charge on any atom is 0.220 e. The number of rotatable bonds is 8. The topological polar surface area (TPSA) is 58.6 Å². The molecule has 1 aromatic carbocycles. The van der Waals surface area contributed by atoms with Crippen molar-refractivity contribution in [3.05, 3.63) is 35.9 Å². The van der Waals surface area contributed by atoms with Gasteiger partial charge in [-0.05, 0) is 51.0 Å². The molecular formula is C23H34N2O3. The van der Waals surface area contributed by atoms with Crippen LogP contribution < -0.4 is 5.32 Å². The maximum atomic E-state index is 12.3. The van der Waals surface area contributed by atoms with Crippen molar-refractivity contribution in [1.29, 1.82) is 0 Å². The van der Waals surface area contributed by atoms with Crippen molar-refractivity contribution in [2.75, 3.05) is 26.3 Å². The Morgan fingerprint density at radius 1 is 1.07 bits per heavy atom. The van der Waals surface area contributed by atoms with Gasteiger partial charge in [-0.1, -0.05) is 30.3 Å². The summed E-state index contributed by atoms with van der Waals surface area (Å²) in [6, 6.07) is 11.1. The van der Waals surface area contributed by atoms with E-state index in [2.05, 4.69) is 40.5 Å². The highest BCUT2D eigenvalue weighted by Gasteiger charge is 2.42. The van der Waals surface area contributed by atoms with Crippen LogP contribution in [-0.2, 0) is 19.9 Å². The normalized spacial score (nSPS) is 26.0. The van der Waals surface area contributed by atoms with E-state index in [1.165, 1.54) is 5.56 Å². The van der Waals surface area contributed by atoms with Gasteiger partial charge in [-0.3, -0.25) is 9.69 Å². The summed E-state index contributed by atoms with van der Waals surface area (Å²) in [4.78, 5) is 25.9.